The van der Waals surface area contributed by atoms with Gasteiger partial charge in [0.15, 0.2) is 5.41 Å². The van der Waals surface area contributed by atoms with Crippen molar-refractivity contribution in [3.05, 3.63) is 42.1 Å². The number of rotatable bonds is 4. The Balaban J connectivity index is 2.18. The van der Waals surface area contributed by atoms with Crippen LogP contribution in [-0.4, -0.2) is 16.9 Å². The molecule has 0 unspecified atom stereocenters. The van der Waals surface area contributed by atoms with E-state index < -0.39 is 11.4 Å². The summed E-state index contributed by atoms with van der Waals surface area (Å²) in [4.78, 5) is 29.2. The molecule has 1 saturated heterocycles. The lowest BCUT2D eigenvalue weighted by molar-refractivity contribution is -0.168. The minimum absolute atomic E-state index is 0.283. The van der Waals surface area contributed by atoms with Gasteiger partial charge in [-0.2, -0.15) is 0 Å². The third kappa shape index (κ3) is 2.26. The summed E-state index contributed by atoms with van der Waals surface area (Å²) >= 11 is 0. The molecule has 0 atom stereocenters. The van der Waals surface area contributed by atoms with Gasteiger partial charge in [-0.05, 0) is 24.5 Å². The molecular weight excluding hydrogens is 242 g/mol. The van der Waals surface area contributed by atoms with Crippen molar-refractivity contribution in [2.45, 2.75) is 26.7 Å². The Morgan fingerprint density at radius 3 is 2.32 bits per heavy atom. The maximum Gasteiger partial charge on any atom is 0.348 e. The zero-order valence-electron chi connectivity index (χ0n) is 11.1. The summed E-state index contributed by atoms with van der Waals surface area (Å²) in [7, 11) is 0. The van der Waals surface area contributed by atoms with Crippen LogP contribution in [-0.2, 0) is 14.4 Å². The Bertz CT molecular complexity index is 503. The van der Waals surface area contributed by atoms with E-state index in [1.165, 1.54) is 6.20 Å². The average molecular weight is 259 g/mol. The van der Waals surface area contributed by atoms with Crippen molar-refractivity contribution in [3.63, 3.8) is 0 Å². The van der Waals surface area contributed by atoms with Crippen LogP contribution in [0.4, 0.5) is 0 Å². The quantitative estimate of drug-likeness (QED) is 0.781. The first kappa shape index (κ1) is 13.3. The Labute approximate surface area is 112 Å². The van der Waals surface area contributed by atoms with Gasteiger partial charge in [-0.25, -0.2) is 4.79 Å². The van der Waals surface area contributed by atoms with Gasteiger partial charge in [0.25, 0.3) is 5.91 Å². The standard InChI is InChI=1S/C15H17NO3/c1-3-15(4-2)13(17)16(19-14(15)18)11-10-12-8-6-5-7-9-12/h5-11H,3-4H2,1-2H3. The third-order valence-electron chi connectivity index (χ3n) is 3.59. The summed E-state index contributed by atoms with van der Waals surface area (Å²) in [5.41, 5.74) is -0.0713. The van der Waals surface area contributed by atoms with E-state index in [4.69, 9.17) is 4.84 Å². The summed E-state index contributed by atoms with van der Waals surface area (Å²) in [6.45, 7) is 3.65. The molecule has 0 saturated carbocycles. The van der Waals surface area contributed by atoms with Crippen LogP contribution >= 0.6 is 0 Å². The second-order valence-corrected chi connectivity index (χ2v) is 4.53. The Kier molecular flexibility index (Phi) is 3.69. The van der Waals surface area contributed by atoms with Crippen LogP contribution < -0.4 is 0 Å². The lowest BCUT2D eigenvalue weighted by Gasteiger charge is -2.16. The normalized spacial score (nSPS) is 18.1. The number of amides is 1. The van der Waals surface area contributed by atoms with Gasteiger partial charge in [0.05, 0.1) is 0 Å². The summed E-state index contributed by atoms with van der Waals surface area (Å²) in [6, 6.07) is 9.54. The third-order valence-corrected chi connectivity index (χ3v) is 3.59. The van der Waals surface area contributed by atoms with Crippen molar-refractivity contribution in [2.75, 3.05) is 0 Å². The van der Waals surface area contributed by atoms with Crippen molar-refractivity contribution < 1.29 is 14.4 Å². The monoisotopic (exact) mass is 259 g/mol. The molecule has 0 bridgehead atoms. The van der Waals surface area contributed by atoms with Gasteiger partial charge in [0.1, 0.15) is 0 Å². The van der Waals surface area contributed by atoms with E-state index in [1.54, 1.807) is 6.08 Å². The van der Waals surface area contributed by atoms with E-state index in [0.717, 1.165) is 10.6 Å². The fraction of sp³-hybridized carbons (Fsp3) is 0.333. The highest BCUT2D eigenvalue weighted by Crippen LogP contribution is 2.36. The highest BCUT2D eigenvalue weighted by atomic mass is 16.7. The Morgan fingerprint density at radius 1 is 1.16 bits per heavy atom. The molecule has 1 heterocycles. The molecule has 0 aromatic heterocycles. The molecule has 0 aliphatic carbocycles. The zero-order chi connectivity index (χ0) is 13.9. The Morgan fingerprint density at radius 2 is 1.79 bits per heavy atom. The molecule has 0 spiro atoms. The van der Waals surface area contributed by atoms with E-state index in [1.807, 2.05) is 44.2 Å². The molecule has 2 rings (SSSR count). The van der Waals surface area contributed by atoms with Crippen molar-refractivity contribution in [2.24, 2.45) is 5.41 Å². The molecule has 1 aliphatic rings. The highest BCUT2D eigenvalue weighted by molar-refractivity contribution is 6.06. The van der Waals surface area contributed by atoms with Crippen molar-refractivity contribution in [1.82, 2.24) is 5.06 Å². The van der Waals surface area contributed by atoms with Crippen LogP contribution in [0.3, 0.4) is 0 Å². The minimum atomic E-state index is -1.01. The van der Waals surface area contributed by atoms with E-state index >= 15 is 0 Å². The predicted octanol–water partition coefficient (Wildman–Crippen LogP) is 2.76. The molecule has 1 aromatic carbocycles. The molecule has 4 heteroatoms. The average Bonchev–Trinajstić information content (AvgIpc) is 2.69. The van der Waals surface area contributed by atoms with Crippen molar-refractivity contribution in [1.29, 1.82) is 0 Å². The zero-order valence-corrected chi connectivity index (χ0v) is 11.1. The van der Waals surface area contributed by atoms with E-state index in [2.05, 4.69) is 0 Å². The molecule has 1 fully saturated rings. The largest absolute Gasteiger partial charge is 0.348 e. The van der Waals surface area contributed by atoms with Gasteiger partial charge < -0.3 is 4.84 Å². The van der Waals surface area contributed by atoms with E-state index in [9.17, 15) is 9.59 Å². The predicted molar refractivity (Wildman–Crippen MR) is 71.4 cm³/mol. The highest BCUT2D eigenvalue weighted by Gasteiger charge is 2.53. The Hall–Kier alpha value is -2.10. The van der Waals surface area contributed by atoms with Crippen LogP contribution in [0, 0.1) is 5.41 Å². The van der Waals surface area contributed by atoms with Gasteiger partial charge in [0.2, 0.25) is 0 Å². The van der Waals surface area contributed by atoms with Gasteiger partial charge in [-0.15, -0.1) is 5.06 Å². The maximum atomic E-state index is 12.3. The number of hydrogen-bond acceptors (Lipinski definition) is 3. The fourth-order valence-electron chi connectivity index (χ4n) is 2.17. The topological polar surface area (TPSA) is 46.6 Å². The van der Waals surface area contributed by atoms with Crippen molar-refractivity contribution >= 4 is 18.0 Å². The number of hydrogen-bond donors (Lipinski definition) is 0. The summed E-state index contributed by atoms with van der Waals surface area (Å²) in [5.74, 6) is -0.741. The summed E-state index contributed by atoms with van der Waals surface area (Å²) < 4.78 is 0. The molecule has 100 valence electrons. The first-order valence-electron chi connectivity index (χ1n) is 6.43. The second-order valence-electron chi connectivity index (χ2n) is 4.53. The number of carbonyl (C=O) groups is 2. The number of hydroxylamine groups is 2. The molecule has 1 aromatic rings. The lowest BCUT2D eigenvalue weighted by Crippen LogP contribution is -2.34. The fourth-order valence-corrected chi connectivity index (χ4v) is 2.17. The van der Waals surface area contributed by atoms with Crippen LogP contribution in [0.5, 0.6) is 0 Å². The van der Waals surface area contributed by atoms with Gasteiger partial charge in [0, 0.05) is 6.20 Å². The number of benzene rings is 1. The molecular formula is C15H17NO3. The molecule has 0 radical (unpaired) electrons. The summed E-state index contributed by atoms with van der Waals surface area (Å²) in [6.07, 6.45) is 4.16. The van der Waals surface area contributed by atoms with Gasteiger partial charge >= 0.3 is 5.97 Å². The number of nitrogens with zero attached hydrogens (tertiary/aromatic N) is 1. The van der Waals surface area contributed by atoms with Gasteiger partial charge in [-0.1, -0.05) is 44.2 Å². The smallest absolute Gasteiger partial charge is 0.332 e. The first-order chi connectivity index (χ1) is 9.14. The SMILES string of the molecule is CCC1(CC)C(=O)ON(C=Cc2ccccc2)C1=O. The molecule has 1 amide bonds. The molecule has 4 nitrogen and oxygen atoms in total. The molecule has 1 aliphatic heterocycles. The molecule has 19 heavy (non-hydrogen) atoms. The van der Waals surface area contributed by atoms with Crippen LogP contribution in [0.1, 0.15) is 32.3 Å². The van der Waals surface area contributed by atoms with Crippen LogP contribution in [0.25, 0.3) is 6.08 Å². The maximum absolute atomic E-state index is 12.3. The second kappa shape index (κ2) is 5.26. The number of carbonyl (C=O) groups excluding carboxylic acids is 2. The van der Waals surface area contributed by atoms with Crippen molar-refractivity contribution in [3.8, 4) is 0 Å². The van der Waals surface area contributed by atoms with E-state index in [-0.39, 0.29) is 5.91 Å². The van der Waals surface area contributed by atoms with Gasteiger partial charge in [-0.3, -0.25) is 4.79 Å². The van der Waals surface area contributed by atoms with E-state index in [0.29, 0.717) is 12.8 Å². The minimum Gasteiger partial charge on any atom is -0.332 e. The summed E-state index contributed by atoms with van der Waals surface area (Å²) in [5, 5.41) is 1.04. The van der Waals surface area contributed by atoms with Crippen LogP contribution in [0.2, 0.25) is 0 Å². The first-order valence-corrected chi connectivity index (χ1v) is 6.43. The van der Waals surface area contributed by atoms with Crippen LogP contribution in [0.15, 0.2) is 36.5 Å². The lowest BCUT2D eigenvalue weighted by atomic mass is 9.82. The molecule has 0 N–H and O–H groups in total.